The van der Waals surface area contributed by atoms with Gasteiger partial charge >= 0.3 is 0 Å². The first-order chi connectivity index (χ1) is 8.99. The number of halogens is 2. The zero-order chi connectivity index (χ0) is 14.0. The molecule has 1 aliphatic rings. The number of nitrogens with one attached hydrogen (secondary N) is 1. The first kappa shape index (κ1) is 14.4. The van der Waals surface area contributed by atoms with Crippen LogP contribution in [-0.2, 0) is 0 Å². The standard InChI is InChI=1S/C13H17Cl2N3O/c1-18(9-2-3-9)5-4-17-13(19)8-6-10(14)12(16)11(15)7-8/h6-7,9H,2-5,16H2,1H3,(H,17,19). The van der Waals surface area contributed by atoms with E-state index in [0.717, 1.165) is 6.54 Å². The number of likely N-dealkylation sites (N-methyl/N-ethyl adjacent to an activating group) is 1. The highest BCUT2D eigenvalue weighted by molar-refractivity contribution is 6.39. The zero-order valence-electron chi connectivity index (χ0n) is 10.7. The highest BCUT2D eigenvalue weighted by atomic mass is 35.5. The van der Waals surface area contributed by atoms with Gasteiger partial charge in [0.25, 0.3) is 5.91 Å². The van der Waals surface area contributed by atoms with Crippen LogP contribution in [0.2, 0.25) is 10.0 Å². The third-order valence-electron chi connectivity index (χ3n) is 3.26. The number of carbonyl (C=O) groups is 1. The van der Waals surface area contributed by atoms with E-state index in [1.165, 1.54) is 25.0 Å². The maximum absolute atomic E-state index is 11.9. The topological polar surface area (TPSA) is 58.4 Å². The summed E-state index contributed by atoms with van der Waals surface area (Å²) in [6.45, 7) is 1.44. The number of nitrogens with two attached hydrogens (primary N) is 1. The molecular formula is C13H17Cl2N3O. The second kappa shape index (κ2) is 5.99. The Morgan fingerprint density at radius 1 is 1.42 bits per heavy atom. The summed E-state index contributed by atoms with van der Waals surface area (Å²) in [5.74, 6) is -0.187. The summed E-state index contributed by atoms with van der Waals surface area (Å²) >= 11 is 11.8. The van der Waals surface area contributed by atoms with Gasteiger partial charge < -0.3 is 16.0 Å². The van der Waals surface area contributed by atoms with Gasteiger partial charge in [-0.3, -0.25) is 4.79 Å². The Hall–Kier alpha value is -0.970. The van der Waals surface area contributed by atoms with Crippen LogP contribution in [0.15, 0.2) is 12.1 Å². The summed E-state index contributed by atoms with van der Waals surface area (Å²) in [6, 6.07) is 3.75. The molecule has 0 heterocycles. The van der Waals surface area contributed by atoms with Crippen LogP contribution in [0.5, 0.6) is 0 Å². The van der Waals surface area contributed by atoms with Gasteiger partial charge in [0, 0.05) is 24.7 Å². The normalized spacial score (nSPS) is 14.7. The molecule has 0 atom stereocenters. The maximum Gasteiger partial charge on any atom is 0.251 e. The summed E-state index contributed by atoms with van der Waals surface area (Å²) in [6.07, 6.45) is 2.52. The van der Waals surface area contributed by atoms with Gasteiger partial charge in [0.2, 0.25) is 0 Å². The Morgan fingerprint density at radius 2 is 2.00 bits per heavy atom. The minimum atomic E-state index is -0.187. The first-order valence-corrected chi connectivity index (χ1v) is 6.97. The number of nitrogen functional groups attached to an aromatic ring is 1. The Morgan fingerprint density at radius 3 is 2.53 bits per heavy atom. The molecule has 0 radical (unpaired) electrons. The number of rotatable bonds is 5. The molecule has 1 aromatic rings. The van der Waals surface area contributed by atoms with Crippen LogP contribution in [0, 0.1) is 0 Å². The summed E-state index contributed by atoms with van der Waals surface area (Å²) in [5, 5.41) is 3.45. The van der Waals surface area contributed by atoms with E-state index in [1.807, 2.05) is 0 Å². The van der Waals surface area contributed by atoms with Crippen LogP contribution in [-0.4, -0.2) is 37.0 Å². The lowest BCUT2D eigenvalue weighted by Gasteiger charge is -2.15. The molecule has 0 saturated heterocycles. The van der Waals surface area contributed by atoms with Gasteiger partial charge in [-0.15, -0.1) is 0 Å². The summed E-state index contributed by atoms with van der Waals surface area (Å²) in [5.41, 5.74) is 6.36. The monoisotopic (exact) mass is 301 g/mol. The number of benzene rings is 1. The van der Waals surface area contributed by atoms with Crippen LogP contribution in [0.1, 0.15) is 23.2 Å². The molecule has 19 heavy (non-hydrogen) atoms. The molecule has 1 amide bonds. The van der Waals surface area contributed by atoms with E-state index in [0.29, 0.717) is 33.9 Å². The lowest BCUT2D eigenvalue weighted by atomic mass is 10.2. The smallest absolute Gasteiger partial charge is 0.251 e. The molecule has 3 N–H and O–H groups in total. The molecule has 4 nitrogen and oxygen atoms in total. The fraction of sp³-hybridized carbons (Fsp3) is 0.462. The van der Waals surface area contributed by atoms with Crippen molar-refractivity contribution >= 4 is 34.8 Å². The summed E-state index contributed by atoms with van der Waals surface area (Å²) in [7, 11) is 2.07. The molecule has 0 aromatic heterocycles. The Labute approximate surface area is 122 Å². The van der Waals surface area contributed by atoms with Gasteiger partial charge in [0.15, 0.2) is 0 Å². The van der Waals surface area contributed by atoms with Crippen molar-refractivity contribution in [2.75, 3.05) is 25.9 Å². The number of hydrogen-bond acceptors (Lipinski definition) is 3. The van der Waals surface area contributed by atoms with Crippen LogP contribution in [0.25, 0.3) is 0 Å². The Bertz CT molecular complexity index is 466. The van der Waals surface area contributed by atoms with Crippen molar-refractivity contribution in [3.05, 3.63) is 27.7 Å². The highest BCUT2D eigenvalue weighted by Gasteiger charge is 2.25. The summed E-state index contributed by atoms with van der Waals surface area (Å²) in [4.78, 5) is 14.2. The van der Waals surface area contributed by atoms with E-state index in [9.17, 15) is 4.79 Å². The van der Waals surface area contributed by atoms with Crippen molar-refractivity contribution in [2.45, 2.75) is 18.9 Å². The van der Waals surface area contributed by atoms with Gasteiger partial charge in [0.05, 0.1) is 15.7 Å². The predicted octanol–water partition coefficient (Wildman–Crippen LogP) is 2.40. The minimum absolute atomic E-state index is 0.187. The van der Waals surface area contributed by atoms with Gasteiger partial charge in [-0.05, 0) is 32.0 Å². The SMILES string of the molecule is CN(CCNC(=O)c1cc(Cl)c(N)c(Cl)c1)C1CC1. The third-order valence-corrected chi connectivity index (χ3v) is 3.89. The predicted molar refractivity (Wildman–Crippen MR) is 78.9 cm³/mol. The molecule has 1 fully saturated rings. The quantitative estimate of drug-likeness (QED) is 0.821. The van der Waals surface area contributed by atoms with E-state index >= 15 is 0 Å². The number of nitrogens with zero attached hydrogens (tertiary/aromatic N) is 1. The van der Waals surface area contributed by atoms with Crippen molar-refractivity contribution < 1.29 is 4.79 Å². The second-order valence-electron chi connectivity index (χ2n) is 4.82. The van der Waals surface area contributed by atoms with Crippen molar-refractivity contribution in [3.8, 4) is 0 Å². The first-order valence-electron chi connectivity index (χ1n) is 6.22. The maximum atomic E-state index is 11.9. The van der Waals surface area contributed by atoms with Crippen molar-refractivity contribution in [1.29, 1.82) is 0 Å². The number of hydrogen-bond donors (Lipinski definition) is 2. The molecular weight excluding hydrogens is 285 g/mol. The van der Waals surface area contributed by atoms with E-state index in [-0.39, 0.29) is 5.91 Å². The molecule has 6 heteroatoms. The summed E-state index contributed by atoms with van der Waals surface area (Å²) < 4.78 is 0. The molecule has 0 spiro atoms. The van der Waals surface area contributed by atoms with Crippen molar-refractivity contribution in [1.82, 2.24) is 10.2 Å². The van der Waals surface area contributed by atoms with Crippen molar-refractivity contribution in [3.63, 3.8) is 0 Å². The van der Waals surface area contributed by atoms with E-state index < -0.39 is 0 Å². The van der Waals surface area contributed by atoms with Crippen LogP contribution < -0.4 is 11.1 Å². The molecule has 1 saturated carbocycles. The second-order valence-corrected chi connectivity index (χ2v) is 5.64. The lowest BCUT2D eigenvalue weighted by molar-refractivity contribution is 0.0949. The molecule has 1 aromatic carbocycles. The molecule has 2 rings (SSSR count). The molecule has 1 aliphatic carbocycles. The lowest BCUT2D eigenvalue weighted by Crippen LogP contribution is -2.34. The fourth-order valence-electron chi connectivity index (χ4n) is 1.86. The zero-order valence-corrected chi connectivity index (χ0v) is 12.3. The van der Waals surface area contributed by atoms with Gasteiger partial charge in [-0.25, -0.2) is 0 Å². The average Bonchev–Trinajstić information content (AvgIpc) is 3.19. The Kier molecular flexibility index (Phi) is 4.55. The highest BCUT2D eigenvalue weighted by Crippen LogP contribution is 2.28. The van der Waals surface area contributed by atoms with Crippen molar-refractivity contribution in [2.24, 2.45) is 0 Å². The number of amides is 1. The molecule has 0 bridgehead atoms. The van der Waals surface area contributed by atoms with E-state index in [4.69, 9.17) is 28.9 Å². The fourth-order valence-corrected chi connectivity index (χ4v) is 2.35. The van der Waals surface area contributed by atoms with Crippen LogP contribution >= 0.6 is 23.2 Å². The van der Waals surface area contributed by atoms with Gasteiger partial charge in [0.1, 0.15) is 0 Å². The Balaban J connectivity index is 1.88. The average molecular weight is 302 g/mol. The van der Waals surface area contributed by atoms with Crippen LogP contribution in [0.4, 0.5) is 5.69 Å². The van der Waals surface area contributed by atoms with Gasteiger partial charge in [-0.1, -0.05) is 23.2 Å². The molecule has 0 unspecified atom stereocenters. The largest absolute Gasteiger partial charge is 0.396 e. The van der Waals surface area contributed by atoms with Gasteiger partial charge in [-0.2, -0.15) is 0 Å². The minimum Gasteiger partial charge on any atom is -0.396 e. The number of carbonyl (C=O) groups excluding carboxylic acids is 1. The van der Waals surface area contributed by atoms with E-state index in [1.54, 1.807) is 0 Å². The molecule has 104 valence electrons. The molecule has 0 aliphatic heterocycles. The number of anilines is 1. The van der Waals surface area contributed by atoms with Crippen LogP contribution in [0.3, 0.4) is 0 Å². The van der Waals surface area contributed by atoms with E-state index in [2.05, 4.69) is 17.3 Å². The third kappa shape index (κ3) is 3.75.